The second-order valence-corrected chi connectivity index (χ2v) is 24.8. The minimum absolute atomic E-state index is 0.0184. The molecule has 0 saturated carbocycles. The maximum absolute atomic E-state index is 7.38. The minimum atomic E-state index is -0.177. The Morgan fingerprint density at radius 1 is 0.529 bits per heavy atom. The molecule has 3 nitrogen and oxygen atoms in total. The van der Waals surface area contributed by atoms with Gasteiger partial charge in [0, 0.05) is 75.3 Å². The third-order valence-electron chi connectivity index (χ3n) is 16.2. The number of thiophene rings is 1. The zero-order valence-electron chi connectivity index (χ0n) is 41.0. The molecule has 5 heterocycles. The smallest absolute Gasteiger partial charge is 0.333 e. The van der Waals surface area contributed by atoms with Crippen LogP contribution in [0.4, 0.5) is 11.4 Å². The molecule has 0 N–H and O–H groups in total. The highest BCUT2D eigenvalue weighted by atomic mass is 32.1. The molecule has 3 aliphatic rings. The van der Waals surface area contributed by atoms with Crippen molar-refractivity contribution in [3.63, 3.8) is 0 Å². The van der Waals surface area contributed by atoms with E-state index >= 15 is 0 Å². The van der Waals surface area contributed by atoms with E-state index in [0.717, 1.165) is 16.6 Å². The van der Waals surface area contributed by atoms with E-state index in [4.69, 9.17) is 4.42 Å². The van der Waals surface area contributed by atoms with Gasteiger partial charge in [-0.25, -0.2) is 0 Å². The number of aromatic nitrogens is 1. The number of fused-ring (bicyclic) bond motifs is 19. The van der Waals surface area contributed by atoms with Gasteiger partial charge in [-0.15, -0.1) is 11.3 Å². The monoisotopic (exact) mass is 898 g/mol. The highest BCUT2D eigenvalue weighted by Crippen LogP contribution is 2.55. The largest absolute Gasteiger partial charge is 0.455 e. The summed E-state index contributed by atoms with van der Waals surface area (Å²) in [6.45, 7) is 25.6. The highest BCUT2D eigenvalue weighted by Gasteiger charge is 2.48. The summed E-state index contributed by atoms with van der Waals surface area (Å²) in [5.74, 6) is 0. The van der Waals surface area contributed by atoms with Crippen molar-refractivity contribution in [1.29, 1.82) is 0 Å². The molecule has 5 heteroatoms. The van der Waals surface area contributed by atoms with Crippen molar-refractivity contribution in [2.75, 3.05) is 4.81 Å². The molecular weight excluding hydrogens is 844 g/mol. The molecule has 332 valence electrons. The maximum atomic E-state index is 7.38. The summed E-state index contributed by atoms with van der Waals surface area (Å²) < 4.78 is 12.7. The maximum Gasteiger partial charge on any atom is 0.333 e. The van der Waals surface area contributed by atoms with Crippen LogP contribution in [0.25, 0.3) is 91.9 Å². The summed E-state index contributed by atoms with van der Waals surface area (Å²) in [4.78, 5) is 2.71. The third kappa shape index (κ3) is 5.21. The predicted octanol–water partition coefficient (Wildman–Crippen LogP) is 16.5. The van der Waals surface area contributed by atoms with Crippen LogP contribution in [0.1, 0.15) is 104 Å². The number of benzene rings is 8. The summed E-state index contributed by atoms with van der Waals surface area (Å²) in [5.41, 5.74) is 22.5. The second kappa shape index (κ2) is 12.9. The predicted molar refractivity (Wildman–Crippen MR) is 294 cm³/mol. The van der Waals surface area contributed by atoms with Crippen molar-refractivity contribution in [2.24, 2.45) is 0 Å². The lowest BCUT2D eigenvalue weighted by Gasteiger charge is -2.42. The molecule has 14 rings (SSSR count). The van der Waals surface area contributed by atoms with Crippen LogP contribution < -0.4 is 15.7 Å². The van der Waals surface area contributed by atoms with Gasteiger partial charge in [0.05, 0.1) is 11.0 Å². The normalized spacial score (nSPS) is 15.0. The van der Waals surface area contributed by atoms with E-state index in [1.54, 1.807) is 0 Å². The summed E-state index contributed by atoms with van der Waals surface area (Å²) >= 11 is 1.93. The topological polar surface area (TPSA) is 21.3 Å². The van der Waals surface area contributed by atoms with Crippen LogP contribution in [0.5, 0.6) is 0 Å². The van der Waals surface area contributed by atoms with Crippen molar-refractivity contribution in [1.82, 2.24) is 4.57 Å². The lowest BCUT2D eigenvalue weighted by atomic mass is 9.43. The van der Waals surface area contributed by atoms with Crippen LogP contribution in [0.15, 0.2) is 138 Å². The third-order valence-corrected chi connectivity index (χ3v) is 17.3. The van der Waals surface area contributed by atoms with Gasteiger partial charge in [-0.3, -0.25) is 0 Å². The molecule has 2 aliphatic heterocycles. The standard InChI is InChI=1S/C63H55BN2OS/c1-60(2,3)34-20-24-37(25-21-34)66-49-33-53-42(39-26-22-36(62(7,8)9)29-52(39)68-53)30-44(49)56-57-58-54(55-40-17-13-15-19-51(40)67-59(55)56)43-28-35(61(4,5)6)23-27-48(43)65(58)50-31-41-38-16-12-14-18-45(38)63(10,11)46(41)32-47(50)64(57)66/h12-33H,1-11H3. The van der Waals surface area contributed by atoms with Crippen molar-refractivity contribution in [3.8, 4) is 27.9 Å². The van der Waals surface area contributed by atoms with Crippen molar-refractivity contribution >= 4 is 104 Å². The molecule has 1 aliphatic carbocycles. The fraction of sp³-hybridized carbons (Fsp3) is 0.238. The molecule has 8 aromatic carbocycles. The fourth-order valence-electron chi connectivity index (χ4n) is 12.6. The Balaban J connectivity index is 1.21. The number of anilines is 2. The van der Waals surface area contributed by atoms with E-state index in [0.29, 0.717) is 0 Å². The van der Waals surface area contributed by atoms with Crippen LogP contribution in [0.3, 0.4) is 0 Å². The SMILES string of the molecule is CC(C)(C)c1ccc(N2B3c4cc5c(cc4-n4c6ccc(C(C)(C)C)cc6c6c7c(oc8ccccc87)c(c3c64)-c3cc4c(cc32)sc2cc(C(C)(C)C)ccc24)-c2ccccc2C5(C)C)cc1. The Kier molecular flexibility index (Phi) is 7.71. The lowest BCUT2D eigenvalue weighted by molar-refractivity contribution is 0.590. The number of hydrogen-bond donors (Lipinski definition) is 0. The number of nitrogens with zero attached hydrogens (tertiary/aromatic N) is 2. The summed E-state index contributed by atoms with van der Waals surface area (Å²) in [7, 11) is 0. The first-order valence-electron chi connectivity index (χ1n) is 24.5. The number of furan rings is 1. The van der Waals surface area contributed by atoms with Crippen molar-refractivity contribution < 1.29 is 4.42 Å². The van der Waals surface area contributed by atoms with E-state index in [1.165, 1.54) is 125 Å². The van der Waals surface area contributed by atoms with E-state index in [1.807, 2.05) is 11.3 Å². The number of hydrogen-bond acceptors (Lipinski definition) is 3. The molecular formula is C63H55BN2OS. The molecule has 0 spiro atoms. The summed E-state index contributed by atoms with van der Waals surface area (Å²) in [6.07, 6.45) is 0. The lowest BCUT2D eigenvalue weighted by Crippen LogP contribution is -2.60. The zero-order chi connectivity index (χ0) is 46.7. The van der Waals surface area contributed by atoms with Gasteiger partial charge in [0.2, 0.25) is 0 Å². The fourth-order valence-corrected chi connectivity index (χ4v) is 13.7. The molecule has 0 saturated heterocycles. The Morgan fingerprint density at radius 2 is 1.21 bits per heavy atom. The highest BCUT2D eigenvalue weighted by molar-refractivity contribution is 7.25. The molecule has 0 fully saturated rings. The number of rotatable bonds is 1. The number of para-hydroxylation sites is 1. The van der Waals surface area contributed by atoms with Gasteiger partial charge in [-0.2, -0.15) is 0 Å². The molecule has 0 atom stereocenters. The van der Waals surface area contributed by atoms with Gasteiger partial charge in [0.15, 0.2) is 0 Å². The van der Waals surface area contributed by atoms with Crippen LogP contribution in [0, 0.1) is 0 Å². The molecule has 0 radical (unpaired) electrons. The Bertz CT molecular complexity index is 4060. The van der Waals surface area contributed by atoms with Gasteiger partial charge in [0.25, 0.3) is 0 Å². The Hall–Kier alpha value is -6.56. The van der Waals surface area contributed by atoms with E-state index in [9.17, 15) is 0 Å². The van der Waals surface area contributed by atoms with Gasteiger partial charge in [-0.1, -0.05) is 155 Å². The molecule has 0 bridgehead atoms. The molecule has 0 amide bonds. The van der Waals surface area contributed by atoms with E-state index in [-0.39, 0.29) is 28.5 Å². The van der Waals surface area contributed by atoms with Crippen molar-refractivity contribution in [2.45, 2.75) is 97.8 Å². The van der Waals surface area contributed by atoms with E-state index < -0.39 is 0 Å². The first-order valence-corrected chi connectivity index (χ1v) is 25.3. The Labute approximate surface area is 403 Å². The average Bonchev–Trinajstić information content (AvgIpc) is 4.02. The molecule has 3 aromatic heterocycles. The molecule has 0 unspecified atom stereocenters. The van der Waals surface area contributed by atoms with Gasteiger partial charge in [0.1, 0.15) is 11.2 Å². The molecule has 11 aromatic rings. The van der Waals surface area contributed by atoms with Crippen LogP contribution in [-0.2, 0) is 21.7 Å². The van der Waals surface area contributed by atoms with E-state index in [2.05, 4.69) is 219 Å². The first kappa shape index (κ1) is 40.5. The second-order valence-electron chi connectivity index (χ2n) is 23.8. The Morgan fingerprint density at radius 3 is 1.97 bits per heavy atom. The summed E-state index contributed by atoms with van der Waals surface area (Å²) in [5, 5.41) is 7.54. The quantitative estimate of drug-likeness (QED) is 0.153. The van der Waals surface area contributed by atoms with Gasteiger partial charge < -0.3 is 13.8 Å². The van der Waals surface area contributed by atoms with Gasteiger partial charge >= 0.3 is 6.85 Å². The average molecular weight is 899 g/mol. The van der Waals surface area contributed by atoms with Crippen molar-refractivity contribution in [3.05, 3.63) is 161 Å². The zero-order valence-corrected chi connectivity index (χ0v) is 41.8. The van der Waals surface area contributed by atoms with Crippen LogP contribution in [-0.4, -0.2) is 11.4 Å². The summed E-state index contributed by atoms with van der Waals surface area (Å²) in [6, 6.07) is 52.1. The van der Waals surface area contributed by atoms with Gasteiger partial charge in [-0.05, 0) is 121 Å². The first-order chi connectivity index (χ1) is 32.4. The van der Waals surface area contributed by atoms with Crippen LogP contribution >= 0.6 is 11.3 Å². The minimum Gasteiger partial charge on any atom is -0.455 e. The molecule has 68 heavy (non-hydrogen) atoms. The van der Waals surface area contributed by atoms with Crippen LogP contribution in [0.2, 0.25) is 0 Å².